The minimum absolute atomic E-state index is 0.583. The van der Waals surface area contributed by atoms with Gasteiger partial charge in [-0.2, -0.15) is 0 Å². The van der Waals surface area contributed by atoms with Crippen molar-refractivity contribution in [3.63, 3.8) is 0 Å². The fourth-order valence-electron chi connectivity index (χ4n) is 2.55. The molecule has 0 radical (unpaired) electrons. The number of aromatic nitrogens is 1. The molecular weight excluding hydrogens is 310 g/mol. The van der Waals surface area contributed by atoms with E-state index in [4.69, 9.17) is 19.2 Å². The summed E-state index contributed by atoms with van der Waals surface area (Å²) in [4.78, 5) is 4.75. The van der Waals surface area contributed by atoms with Crippen molar-refractivity contribution in [3.05, 3.63) is 47.8 Å². The van der Waals surface area contributed by atoms with Crippen molar-refractivity contribution in [2.75, 3.05) is 20.3 Å². The molecule has 1 aromatic heterocycles. The highest BCUT2D eigenvalue weighted by Crippen LogP contribution is 2.37. The van der Waals surface area contributed by atoms with E-state index in [2.05, 4.69) is 0 Å². The number of methoxy groups -OCH3 is 1. The summed E-state index contributed by atoms with van der Waals surface area (Å²) in [5, 5.41) is 2.99. The van der Waals surface area contributed by atoms with Crippen molar-refractivity contribution in [1.82, 2.24) is 4.98 Å². The highest BCUT2D eigenvalue weighted by molar-refractivity contribution is 7.13. The van der Waals surface area contributed by atoms with Crippen LogP contribution in [0.25, 0.3) is 21.8 Å². The molecule has 0 spiro atoms. The average molecular weight is 325 g/mol. The number of fused-ring (bicyclic) bond motifs is 1. The van der Waals surface area contributed by atoms with Gasteiger partial charge in [-0.15, -0.1) is 11.3 Å². The number of para-hydroxylation sites is 1. The monoisotopic (exact) mass is 325 g/mol. The maximum Gasteiger partial charge on any atom is 0.162 e. The molecule has 5 heteroatoms. The van der Waals surface area contributed by atoms with Gasteiger partial charge in [0.1, 0.15) is 24.0 Å². The first kappa shape index (κ1) is 14.1. The lowest BCUT2D eigenvalue weighted by atomic mass is 10.1. The van der Waals surface area contributed by atoms with Crippen LogP contribution in [0, 0.1) is 0 Å². The van der Waals surface area contributed by atoms with Crippen LogP contribution < -0.4 is 14.2 Å². The van der Waals surface area contributed by atoms with E-state index in [9.17, 15) is 0 Å². The van der Waals surface area contributed by atoms with Crippen molar-refractivity contribution in [2.24, 2.45) is 0 Å². The Kier molecular flexibility index (Phi) is 3.63. The number of nitrogens with zero attached hydrogens (tertiary/aromatic N) is 1. The SMILES string of the molecule is COc1ccccc1-c1nc(-c2ccc3c(c2)OCCO3)cs1. The number of hydrogen-bond acceptors (Lipinski definition) is 5. The lowest BCUT2D eigenvalue weighted by Crippen LogP contribution is -2.15. The van der Waals surface area contributed by atoms with Gasteiger partial charge in [0, 0.05) is 10.9 Å². The Morgan fingerprint density at radius 3 is 2.74 bits per heavy atom. The van der Waals surface area contributed by atoms with Gasteiger partial charge in [0.2, 0.25) is 0 Å². The first-order valence-corrected chi connectivity index (χ1v) is 8.22. The summed E-state index contributed by atoms with van der Waals surface area (Å²) in [5.74, 6) is 2.40. The maximum atomic E-state index is 5.64. The van der Waals surface area contributed by atoms with E-state index in [1.54, 1.807) is 18.4 Å². The second-order valence-corrected chi connectivity index (χ2v) is 5.95. The third-order valence-electron chi connectivity index (χ3n) is 3.68. The van der Waals surface area contributed by atoms with E-state index in [1.807, 2.05) is 47.8 Å². The van der Waals surface area contributed by atoms with Crippen molar-refractivity contribution in [3.8, 4) is 39.1 Å². The fraction of sp³-hybridized carbons (Fsp3) is 0.167. The molecule has 1 aliphatic heterocycles. The Labute approximate surface area is 138 Å². The summed E-state index contributed by atoms with van der Waals surface area (Å²) in [6, 6.07) is 13.8. The molecule has 0 aliphatic carbocycles. The highest BCUT2D eigenvalue weighted by Gasteiger charge is 2.15. The molecule has 4 nitrogen and oxygen atoms in total. The molecule has 0 bridgehead atoms. The summed E-state index contributed by atoms with van der Waals surface area (Å²) in [7, 11) is 1.67. The van der Waals surface area contributed by atoms with Gasteiger partial charge in [-0.25, -0.2) is 4.98 Å². The highest BCUT2D eigenvalue weighted by atomic mass is 32.1. The molecule has 0 N–H and O–H groups in total. The van der Waals surface area contributed by atoms with Crippen LogP contribution in [0.1, 0.15) is 0 Å². The molecule has 1 aliphatic rings. The number of rotatable bonds is 3. The normalized spacial score (nSPS) is 12.9. The van der Waals surface area contributed by atoms with Gasteiger partial charge in [0.05, 0.1) is 18.4 Å². The van der Waals surface area contributed by atoms with Gasteiger partial charge in [0.25, 0.3) is 0 Å². The van der Waals surface area contributed by atoms with Gasteiger partial charge in [-0.1, -0.05) is 12.1 Å². The molecule has 0 fully saturated rings. The molecule has 3 aromatic rings. The molecule has 116 valence electrons. The number of benzene rings is 2. The molecule has 23 heavy (non-hydrogen) atoms. The van der Waals surface area contributed by atoms with Crippen molar-refractivity contribution in [2.45, 2.75) is 0 Å². The third-order valence-corrected chi connectivity index (χ3v) is 4.56. The molecule has 2 aromatic carbocycles. The Balaban J connectivity index is 1.70. The van der Waals surface area contributed by atoms with E-state index < -0.39 is 0 Å². The molecule has 2 heterocycles. The summed E-state index contributed by atoms with van der Waals surface area (Å²) in [6.45, 7) is 1.18. The van der Waals surface area contributed by atoms with Crippen LogP contribution in [0.15, 0.2) is 47.8 Å². The van der Waals surface area contributed by atoms with E-state index in [-0.39, 0.29) is 0 Å². The first-order chi connectivity index (χ1) is 11.3. The van der Waals surface area contributed by atoms with Crippen LogP contribution in [0.4, 0.5) is 0 Å². The second kappa shape index (κ2) is 5.93. The number of thiazole rings is 1. The fourth-order valence-corrected chi connectivity index (χ4v) is 3.41. The van der Waals surface area contributed by atoms with Gasteiger partial charge >= 0.3 is 0 Å². The zero-order valence-corrected chi connectivity index (χ0v) is 13.4. The van der Waals surface area contributed by atoms with Gasteiger partial charge in [-0.05, 0) is 30.3 Å². The topological polar surface area (TPSA) is 40.6 Å². The number of ether oxygens (including phenoxy) is 3. The Morgan fingerprint density at radius 2 is 1.87 bits per heavy atom. The minimum atomic E-state index is 0.583. The summed E-state index contributed by atoms with van der Waals surface area (Å²) in [6.07, 6.45) is 0. The van der Waals surface area contributed by atoms with Crippen molar-refractivity contribution >= 4 is 11.3 Å². The smallest absolute Gasteiger partial charge is 0.162 e. The Hall–Kier alpha value is -2.53. The van der Waals surface area contributed by atoms with Crippen LogP contribution >= 0.6 is 11.3 Å². The molecule has 0 saturated heterocycles. The van der Waals surface area contributed by atoms with Crippen LogP contribution in [-0.4, -0.2) is 25.3 Å². The van der Waals surface area contributed by atoms with Crippen LogP contribution in [0.3, 0.4) is 0 Å². The summed E-state index contributed by atoms with van der Waals surface area (Å²) >= 11 is 1.60. The van der Waals surface area contributed by atoms with Crippen molar-refractivity contribution in [1.29, 1.82) is 0 Å². The lowest BCUT2D eigenvalue weighted by Gasteiger charge is -2.18. The van der Waals surface area contributed by atoms with E-state index in [0.29, 0.717) is 13.2 Å². The minimum Gasteiger partial charge on any atom is -0.496 e. The van der Waals surface area contributed by atoms with Gasteiger partial charge in [0.15, 0.2) is 11.5 Å². The van der Waals surface area contributed by atoms with Crippen LogP contribution in [0.2, 0.25) is 0 Å². The largest absolute Gasteiger partial charge is 0.496 e. The quantitative estimate of drug-likeness (QED) is 0.721. The first-order valence-electron chi connectivity index (χ1n) is 7.34. The predicted molar refractivity (Wildman–Crippen MR) is 90.5 cm³/mol. The second-order valence-electron chi connectivity index (χ2n) is 5.10. The molecule has 0 atom stereocenters. The van der Waals surface area contributed by atoms with E-state index >= 15 is 0 Å². The van der Waals surface area contributed by atoms with Gasteiger partial charge in [-0.3, -0.25) is 0 Å². The molecule has 4 rings (SSSR count). The Morgan fingerprint density at radius 1 is 1.04 bits per heavy atom. The third kappa shape index (κ3) is 2.64. The summed E-state index contributed by atoms with van der Waals surface area (Å²) < 4.78 is 16.6. The average Bonchev–Trinajstić information content (AvgIpc) is 3.11. The number of hydrogen-bond donors (Lipinski definition) is 0. The van der Waals surface area contributed by atoms with Crippen LogP contribution in [0.5, 0.6) is 17.2 Å². The zero-order valence-electron chi connectivity index (χ0n) is 12.6. The molecule has 0 unspecified atom stereocenters. The van der Waals surface area contributed by atoms with E-state index in [0.717, 1.165) is 39.1 Å². The zero-order chi connectivity index (χ0) is 15.6. The van der Waals surface area contributed by atoms with E-state index in [1.165, 1.54) is 0 Å². The Bertz CT molecular complexity index is 844. The lowest BCUT2D eigenvalue weighted by molar-refractivity contribution is 0.171. The molecule has 0 saturated carbocycles. The molecule has 0 amide bonds. The molecular formula is C18H15NO3S. The van der Waals surface area contributed by atoms with Gasteiger partial charge < -0.3 is 14.2 Å². The maximum absolute atomic E-state index is 5.64. The predicted octanol–water partition coefficient (Wildman–Crippen LogP) is 4.26. The standard InChI is InChI=1S/C18H15NO3S/c1-20-15-5-3-2-4-13(15)18-19-14(11-23-18)12-6-7-16-17(10-12)22-9-8-21-16/h2-7,10-11H,8-9H2,1H3. The summed E-state index contributed by atoms with van der Waals surface area (Å²) in [5.41, 5.74) is 2.95. The van der Waals surface area contributed by atoms with Crippen LogP contribution in [-0.2, 0) is 0 Å². The van der Waals surface area contributed by atoms with Crippen molar-refractivity contribution < 1.29 is 14.2 Å².